The minimum Gasteiger partial charge on any atom is -0.387 e. The van der Waals surface area contributed by atoms with Crippen LogP contribution >= 0.6 is 0 Å². The van der Waals surface area contributed by atoms with Crippen LogP contribution in [0.1, 0.15) is 109 Å². The molecule has 0 spiro atoms. The third-order valence-corrected chi connectivity index (χ3v) is 11.1. The largest absolute Gasteiger partial charge is 0.387 e. The van der Waals surface area contributed by atoms with E-state index in [9.17, 15) is 51.1 Å². The van der Waals surface area contributed by atoms with Crippen molar-refractivity contribution in [2.24, 2.45) is 0 Å². The van der Waals surface area contributed by atoms with Crippen molar-refractivity contribution in [3.8, 4) is 0 Å². The Morgan fingerprint density at radius 3 is 1.30 bits per heavy atom. The number of methoxy groups -OCH3 is 2. The smallest absolute Gasteiger partial charge is 0.186 e. The first kappa shape index (κ1) is 71.4. The van der Waals surface area contributed by atoms with Crippen LogP contribution in [-0.4, -0.2) is 243 Å². The highest BCUT2D eigenvalue weighted by Crippen LogP contribution is 2.31. The molecular formula is C47H97N3O21. The van der Waals surface area contributed by atoms with Crippen molar-refractivity contribution < 1.29 is 103 Å². The lowest BCUT2D eigenvalue weighted by molar-refractivity contribution is -0.350. The molecule has 5 rings (SSSR count). The highest BCUT2D eigenvalue weighted by molar-refractivity contribution is 4.96. The van der Waals surface area contributed by atoms with E-state index in [1.165, 1.54) is 27.1 Å². The maximum absolute atomic E-state index is 11.3. The Morgan fingerprint density at radius 1 is 0.493 bits per heavy atom. The summed E-state index contributed by atoms with van der Waals surface area (Å²) in [5, 5.41) is 115. The monoisotopic (exact) mass is 1040 g/mol. The summed E-state index contributed by atoms with van der Waals surface area (Å²) in [5.74, 6) is 0. The summed E-state index contributed by atoms with van der Waals surface area (Å²) >= 11 is 0. The summed E-state index contributed by atoms with van der Waals surface area (Å²) in [5.41, 5.74) is 0.715. The van der Waals surface area contributed by atoms with Crippen LogP contribution in [0.5, 0.6) is 0 Å². The average Bonchev–Trinajstić information content (AvgIpc) is 3.85. The van der Waals surface area contributed by atoms with Gasteiger partial charge in [0.15, 0.2) is 25.2 Å². The third kappa shape index (κ3) is 20.7. The molecule has 24 heteroatoms. The minimum atomic E-state index is -1.82. The molecule has 1 aromatic heterocycles. The van der Waals surface area contributed by atoms with Gasteiger partial charge in [-0.25, -0.2) is 0 Å². The van der Waals surface area contributed by atoms with E-state index >= 15 is 0 Å². The maximum Gasteiger partial charge on any atom is 0.186 e. The normalized spacial score (nSPS) is 36.6. The second kappa shape index (κ2) is 38.8. The Bertz CT molecular complexity index is 1410. The minimum absolute atomic E-state index is 0. The van der Waals surface area contributed by atoms with Crippen LogP contribution < -0.4 is 0 Å². The summed E-state index contributed by atoms with van der Waals surface area (Å²) in [6.45, 7) is 19.2. The van der Waals surface area contributed by atoms with E-state index in [0.717, 1.165) is 0 Å². The Labute approximate surface area is 422 Å². The van der Waals surface area contributed by atoms with Gasteiger partial charge in [0.25, 0.3) is 0 Å². The number of rotatable bonds is 21. The van der Waals surface area contributed by atoms with E-state index in [4.69, 9.17) is 52.1 Å². The maximum atomic E-state index is 11.3. The molecule has 20 atom stereocenters. The fourth-order valence-electron chi connectivity index (χ4n) is 7.21. The van der Waals surface area contributed by atoms with Gasteiger partial charge in [-0.05, 0) is 26.7 Å². The van der Waals surface area contributed by atoms with Gasteiger partial charge in [0.1, 0.15) is 97.7 Å². The first-order valence-corrected chi connectivity index (χ1v) is 24.6. The molecule has 4 aliphatic heterocycles. The lowest BCUT2D eigenvalue weighted by Crippen LogP contribution is -2.63. The molecule has 0 radical (unpaired) electrons. The summed E-state index contributed by atoms with van der Waals surface area (Å²) < 4.78 is 63.8. The fraction of sp³-hybridized carbons (Fsp3) is 0.957. The van der Waals surface area contributed by atoms with Crippen LogP contribution in [0.4, 0.5) is 0 Å². The lowest BCUT2D eigenvalue weighted by Gasteiger charge is -2.45. The summed E-state index contributed by atoms with van der Waals surface area (Å²) in [6, 6.07) is 0. The van der Waals surface area contributed by atoms with Gasteiger partial charge in [-0.2, -0.15) is 0 Å². The summed E-state index contributed by atoms with van der Waals surface area (Å²) in [4.78, 5) is 0. The van der Waals surface area contributed by atoms with Gasteiger partial charge in [-0.1, -0.05) is 88.3 Å². The van der Waals surface area contributed by atoms with Crippen LogP contribution in [0.15, 0.2) is 6.20 Å². The molecule has 1 aromatic rings. The van der Waals surface area contributed by atoms with Crippen molar-refractivity contribution in [1.29, 1.82) is 0 Å². The van der Waals surface area contributed by atoms with Gasteiger partial charge in [0.2, 0.25) is 0 Å². The van der Waals surface area contributed by atoms with Crippen molar-refractivity contribution in [3.63, 3.8) is 0 Å². The Balaban J connectivity index is 0. The second-order valence-corrected chi connectivity index (χ2v) is 15.7. The van der Waals surface area contributed by atoms with Crippen molar-refractivity contribution in [2.75, 3.05) is 53.9 Å². The number of aliphatic hydroxyl groups excluding tert-OH is 10. The standard InChI is InChI=1S/C35H61N3O21.C4H10.3C2H6.2CH4/c1-5-38-10-15(36-37-38)8-7-9-52-31-19(14-55-33-26(45)22(41)20(39)16(56-33)11-49-3)59-35(29(48)25(31)44)53-12-17-21(40)23(42)27(46)34(57-17)54-13-18-30(51-6-2)24(43)28(47)32(50-4)58-18;1-3-4-2;3*1-2;;/h10,16-35,39-48H,5-9,11-14H2,1-4H3;3-4H2,1-2H3;3*1-2H3;2*1H4/t16-,17-,18-,19-,20?,21?,22-,23-,24+,25+,26-,27-,28-,29-,30?,31?,32?,33+,34-,35+;;;;;;/m0....../s1. The molecule has 0 saturated carbocycles. The van der Waals surface area contributed by atoms with Crippen molar-refractivity contribution in [3.05, 3.63) is 11.9 Å². The number of aromatic nitrogens is 3. The quantitative estimate of drug-likeness (QED) is 0.0726. The Hall–Kier alpha value is -1.70. The van der Waals surface area contributed by atoms with Crippen LogP contribution in [0.25, 0.3) is 0 Å². The SMILES string of the molecule is C.C.CC.CC.CC.CCCC.CCOC1[C@H](CO[C@H]2O[C@@H](CO[C@@H]3O[C@@H](CO[C@@H]4O[C@@H](COC)C(O)[C@H](O)[C@@H]4O)C(OCCCc4cn(CC)nn4)[C@H](O)[C@@H]3O)C(O)[C@H](O)[C@@H]2O)OC(OC)[C@@H](O)[C@H]1O. The van der Waals surface area contributed by atoms with E-state index in [1.54, 1.807) is 17.8 Å². The van der Waals surface area contributed by atoms with Crippen molar-refractivity contribution >= 4 is 0 Å². The lowest BCUT2D eigenvalue weighted by atomic mass is 9.97. The molecule has 0 bridgehead atoms. The van der Waals surface area contributed by atoms with E-state index in [1.807, 2.05) is 48.5 Å². The van der Waals surface area contributed by atoms with E-state index in [2.05, 4.69) is 24.2 Å². The Kier molecular flexibility index (Phi) is 39.0. The number of aliphatic hydroxyl groups is 10. The van der Waals surface area contributed by atoms with Gasteiger partial charge in [-0.15, -0.1) is 5.10 Å². The van der Waals surface area contributed by atoms with Crippen molar-refractivity contribution in [1.82, 2.24) is 15.0 Å². The number of ether oxygens (including phenoxy) is 11. The molecule has 5 unspecified atom stereocenters. The van der Waals surface area contributed by atoms with Gasteiger partial charge in [0, 0.05) is 40.2 Å². The molecule has 4 aliphatic rings. The molecule has 0 aromatic carbocycles. The number of aryl methyl sites for hydroxylation is 2. The van der Waals surface area contributed by atoms with Gasteiger partial charge >= 0.3 is 0 Å². The number of hydrogen-bond acceptors (Lipinski definition) is 23. The topological polar surface area (TPSA) is 335 Å². The molecule has 10 N–H and O–H groups in total. The molecule has 0 amide bonds. The number of hydrogen-bond donors (Lipinski definition) is 10. The van der Waals surface area contributed by atoms with Crippen LogP contribution in [-0.2, 0) is 65.1 Å². The highest BCUT2D eigenvalue weighted by Gasteiger charge is 2.51. The third-order valence-electron chi connectivity index (χ3n) is 11.1. The molecule has 5 heterocycles. The Morgan fingerprint density at radius 2 is 0.887 bits per heavy atom. The molecule has 426 valence electrons. The van der Waals surface area contributed by atoms with Gasteiger partial charge < -0.3 is 103 Å². The highest BCUT2D eigenvalue weighted by atomic mass is 16.8. The zero-order valence-electron chi connectivity index (χ0n) is 42.7. The first-order valence-electron chi connectivity index (χ1n) is 24.6. The van der Waals surface area contributed by atoms with Crippen LogP contribution in [0, 0.1) is 0 Å². The van der Waals surface area contributed by atoms with Gasteiger partial charge in [-0.3, -0.25) is 4.68 Å². The fourth-order valence-corrected chi connectivity index (χ4v) is 7.21. The average molecular weight is 1040 g/mol. The number of nitrogens with zero attached hydrogens (tertiary/aromatic N) is 3. The van der Waals surface area contributed by atoms with Crippen LogP contribution in [0.2, 0.25) is 0 Å². The number of unbranched alkanes of at least 4 members (excludes halogenated alkanes) is 1. The molecular weight excluding hydrogens is 943 g/mol. The molecule has 24 nitrogen and oxygen atoms in total. The second-order valence-electron chi connectivity index (χ2n) is 15.7. The van der Waals surface area contributed by atoms with E-state index in [0.29, 0.717) is 25.1 Å². The summed E-state index contributed by atoms with van der Waals surface area (Å²) in [6.07, 6.45) is -24.1. The predicted molar refractivity (Wildman–Crippen MR) is 259 cm³/mol. The van der Waals surface area contributed by atoms with E-state index < -0.39 is 143 Å². The van der Waals surface area contributed by atoms with E-state index in [-0.39, 0.29) is 34.7 Å². The molecule has 4 saturated heterocycles. The van der Waals surface area contributed by atoms with Crippen molar-refractivity contribution in [2.45, 2.75) is 239 Å². The zero-order chi connectivity index (χ0) is 52.4. The molecule has 0 aliphatic carbocycles. The molecule has 4 fully saturated rings. The van der Waals surface area contributed by atoms with Gasteiger partial charge in [0.05, 0.1) is 32.1 Å². The predicted octanol–water partition coefficient (Wildman–Crippen LogP) is 0.0293. The zero-order valence-corrected chi connectivity index (χ0v) is 42.7. The summed E-state index contributed by atoms with van der Waals surface area (Å²) in [7, 11) is 2.62. The molecule has 71 heavy (non-hydrogen) atoms. The first-order chi connectivity index (χ1) is 33.1. The van der Waals surface area contributed by atoms with Crippen LogP contribution in [0.3, 0.4) is 0 Å².